The summed E-state index contributed by atoms with van der Waals surface area (Å²) in [5, 5.41) is 1.02. The summed E-state index contributed by atoms with van der Waals surface area (Å²) in [7, 11) is 4.02. The molecule has 0 aliphatic heterocycles. The molecule has 0 radical (unpaired) electrons. The van der Waals surface area contributed by atoms with Crippen molar-refractivity contribution in [3.63, 3.8) is 0 Å². The number of benzene rings is 2. The number of rotatable bonds is 8. The molecule has 1 atom stereocenters. The van der Waals surface area contributed by atoms with E-state index in [2.05, 4.69) is 88.2 Å². The molecular formula is C27H27IN3P. The monoisotopic (exact) mass is 551 g/mol. The summed E-state index contributed by atoms with van der Waals surface area (Å²) >= 11 is 2.48. The van der Waals surface area contributed by atoms with Gasteiger partial charge in [-0.3, -0.25) is 4.98 Å². The second-order valence-electron chi connectivity index (χ2n) is 8.05. The van der Waals surface area contributed by atoms with Crippen molar-refractivity contribution in [3.05, 3.63) is 90.8 Å². The number of aryl methyl sites for hydroxylation is 1. The lowest BCUT2D eigenvalue weighted by molar-refractivity contribution is 0.594. The van der Waals surface area contributed by atoms with Crippen LogP contribution in [0.3, 0.4) is 0 Å². The van der Waals surface area contributed by atoms with Gasteiger partial charge in [-0.1, -0.05) is 83.4 Å². The first-order chi connectivity index (χ1) is 15.6. The van der Waals surface area contributed by atoms with E-state index in [-0.39, 0.29) is 0 Å². The standard InChI is InChI=1S/C27H27IN3P/c1-19(31(2)3)24-17-27(30-26-14-15-29-18-25(24)26)23-12-10-22(11-13-23)21-8-6-20(7-9-21)5-4-16-32-28/h6-15,17-18,32H,1,4-5,16H2,2-3H3. The van der Waals surface area contributed by atoms with Gasteiger partial charge >= 0.3 is 0 Å². The minimum atomic E-state index is 0.929. The topological polar surface area (TPSA) is 29.0 Å². The molecule has 0 saturated carbocycles. The fraction of sp³-hybridized carbons (Fsp3) is 0.185. The highest BCUT2D eigenvalue weighted by molar-refractivity contribution is 14.2. The Morgan fingerprint density at radius 1 is 0.969 bits per heavy atom. The van der Waals surface area contributed by atoms with E-state index in [1.807, 2.05) is 31.3 Å². The van der Waals surface area contributed by atoms with Crippen molar-refractivity contribution < 1.29 is 0 Å². The highest BCUT2D eigenvalue weighted by atomic mass is 127. The van der Waals surface area contributed by atoms with Gasteiger partial charge in [0, 0.05) is 48.7 Å². The van der Waals surface area contributed by atoms with Gasteiger partial charge in [-0.25, -0.2) is 4.98 Å². The third kappa shape index (κ3) is 5.19. The Labute approximate surface area is 205 Å². The van der Waals surface area contributed by atoms with Crippen molar-refractivity contribution in [1.82, 2.24) is 14.9 Å². The van der Waals surface area contributed by atoms with Crippen LogP contribution in [-0.2, 0) is 6.42 Å². The van der Waals surface area contributed by atoms with Crippen LogP contribution in [-0.4, -0.2) is 35.1 Å². The average Bonchev–Trinajstić information content (AvgIpc) is 2.83. The molecule has 162 valence electrons. The van der Waals surface area contributed by atoms with Crippen molar-refractivity contribution in [2.75, 3.05) is 20.3 Å². The van der Waals surface area contributed by atoms with Crippen molar-refractivity contribution in [2.45, 2.75) is 12.8 Å². The maximum Gasteiger partial charge on any atom is 0.0747 e. The fourth-order valence-corrected chi connectivity index (χ4v) is 5.21. The molecule has 0 spiro atoms. The lowest BCUT2D eigenvalue weighted by Crippen LogP contribution is -2.09. The first kappa shape index (κ1) is 22.9. The van der Waals surface area contributed by atoms with Gasteiger partial charge in [0.15, 0.2) is 0 Å². The minimum Gasteiger partial charge on any atom is -0.378 e. The number of pyridine rings is 2. The van der Waals surface area contributed by atoms with Crippen LogP contribution in [0.2, 0.25) is 0 Å². The number of nitrogens with zero attached hydrogens (tertiary/aromatic N) is 3. The van der Waals surface area contributed by atoms with Crippen molar-refractivity contribution in [2.24, 2.45) is 0 Å². The van der Waals surface area contributed by atoms with Crippen LogP contribution in [0.25, 0.3) is 39.0 Å². The van der Waals surface area contributed by atoms with Crippen LogP contribution in [0.1, 0.15) is 17.5 Å². The van der Waals surface area contributed by atoms with Crippen molar-refractivity contribution in [3.8, 4) is 22.4 Å². The number of aromatic nitrogens is 2. The molecule has 2 heterocycles. The molecule has 0 amide bonds. The predicted molar refractivity (Wildman–Crippen MR) is 149 cm³/mol. The van der Waals surface area contributed by atoms with E-state index < -0.39 is 0 Å². The maximum atomic E-state index is 4.90. The zero-order chi connectivity index (χ0) is 22.5. The van der Waals surface area contributed by atoms with Gasteiger partial charge in [0.2, 0.25) is 0 Å². The SMILES string of the molecule is C=C(c1cc(-c2ccc(-c3ccc(CCCPI)cc3)cc2)nc2ccncc12)N(C)C. The van der Waals surface area contributed by atoms with Gasteiger partial charge in [0.1, 0.15) is 0 Å². The van der Waals surface area contributed by atoms with E-state index in [1.54, 1.807) is 6.20 Å². The first-order valence-electron chi connectivity index (χ1n) is 10.7. The fourth-order valence-electron chi connectivity index (χ4n) is 3.75. The van der Waals surface area contributed by atoms with Crippen LogP contribution in [0.4, 0.5) is 0 Å². The predicted octanol–water partition coefficient (Wildman–Crippen LogP) is 7.46. The molecule has 0 aliphatic carbocycles. The van der Waals surface area contributed by atoms with Gasteiger partial charge in [0.25, 0.3) is 0 Å². The third-order valence-electron chi connectivity index (χ3n) is 5.67. The normalized spacial score (nSPS) is 11.3. The molecule has 2 aromatic heterocycles. The second kappa shape index (κ2) is 10.5. The largest absolute Gasteiger partial charge is 0.378 e. The summed E-state index contributed by atoms with van der Waals surface area (Å²) in [4.78, 5) is 11.2. The molecule has 4 aromatic rings. The van der Waals surface area contributed by atoms with E-state index >= 15 is 0 Å². The summed E-state index contributed by atoms with van der Waals surface area (Å²) in [5.74, 6) is 0. The number of fused-ring (bicyclic) bond motifs is 1. The van der Waals surface area contributed by atoms with Crippen molar-refractivity contribution in [1.29, 1.82) is 0 Å². The minimum absolute atomic E-state index is 0.929. The molecule has 4 rings (SSSR count). The molecule has 32 heavy (non-hydrogen) atoms. The molecule has 0 bridgehead atoms. The molecule has 0 fully saturated rings. The lowest BCUT2D eigenvalue weighted by atomic mass is 9.99. The van der Waals surface area contributed by atoms with E-state index in [0.29, 0.717) is 0 Å². The third-order valence-corrected chi connectivity index (χ3v) is 7.83. The van der Waals surface area contributed by atoms with Crippen LogP contribution < -0.4 is 0 Å². The molecule has 1 unspecified atom stereocenters. The Morgan fingerprint density at radius 3 is 2.28 bits per heavy atom. The molecule has 5 heteroatoms. The highest BCUT2D eigenvalue weighted by Gasteiger charge is 2.12. The Bertz CT molecular complexity index is 1220. The average molecular weight is 551 g/mol. The Morgan fingerprint density at radius 2 is 1.62 bits per heavy atom. The van der Waals surface area contributed by atoms with Gasteiger partial charge in [-0.05, 0) is 47.8 Å². The van der Waals surface area contributed by atoms with Gasteiger partial charge < -0.3 is 4.90 Å². The summed E-state index contributed by atoms with van der Waals surface area (Å²) in [6.45, 7) is 4.26. The Kier molecular flexibility index (Phi) is 7.54. The summed E-state index contributed by atoms with van der Waals surface area (Å²) in [5.41, 5.74) is 8.86. The van der Waals surface area contributed by atoms with Gasteiger partial charge in [0.05, 0.1) is 11.2 Å². The van der Waals surface area contributed by atoms with E-state index in [1.165, 1.54) is 35.7 Å². The van der Waals surface area contributed by atoms with Crippen molar-refractivity contribution >= 4 is 44.9 Å². The van der Waals surface area contributed by atoms with Crippen LogP contribution in [0, 0.1) is 0 Å². The first-order valence-corrected chi connectivity index (χ1v) is 15.0. The van der Waals surface area contributed by atoms with E-state index in [4.69, 9.17) is 4.98 Å². The summed E-state index contributed by atoms with van der Waals surface area (Å²) in [6, 6.07) is 21.7. The molecule has 0 N–H and O–H groups in total. The van der Waals surface area contributed by atoms with Crippen LogP contribution >= 0.6 is 28.3 Å². The van der Waals surface area contributed by atoms with Crippen LogP contribution in [0.5, 0.6) is 0 Å². The zero-order valence-corrected chi connectivity index (χ0v) is 21.6. The Balaban J connectivity index is 1.62. The summed E-state index contributed by atoms with van der Waals surface area (Å²) < 4.78 is 0. The molecule has 2 aromatic carbocycles. The second-order valence-corrected chi connectivity index (χ2v) is 11.1. The smallest absolute Gasteiger partial charge is 0.0747 e. The lowest BCUT2D eigenvalue weighted by Gasteiger charge is -2.18. The number of hydrogen-bond acceptors (Lipinski definition) is 3. The van der Waals surface area contributed by atoms with Gasteiger partial charge in [-0.2, -0.15) is 0 Å². The quantitative estimate of drug-likeness (QED) is 0.129. The number of hydrogen-bond donors (Lipinski definition) is 0. The molecule has 0 aliphatic rings. The molecular weight excluding hydrogens is 524 g/mol. The highest BCUT2D eigenvalue weighted by Crippen LogP contribution is 2.30. The zero-order valence-electron chi connectivity index (χ0n) is 18.5. The molecule has 3 nitrogen and oxygen atoms in total. The molecule has 0 saturated heterocycles. The van der Waals surface area contributed by atoms with E-state index in [0.717, 1.165) is 39.6 Å². The number of halogens is 1. The van der Waals surface area contributed by atoms with Crippen LogP contribution in [0.15, 0.2) is 79.6 Å². The Hall–Kier alpha value is -2.30. The van der Waals surface area contributed by atoms with Gasteiger partial charge in [-0.15, -0.1) is 0 Å². The summed E-state index contributed by atoms with van der Waals surface area (Å²) in [6.07, 6.45) is 8.42. The maximum absolute atomic E-state index is 4.90. The van der Waals surface area contributed by atoms with E-state index in [9.17, 15) is 0 Å².